The molecule has 1 aromatic carbocycles. The van der Waals surface area contributed by atoms with Gasteiger partial charge in [-0.15, -0.1) is 11.6 Å². The molecule has 0 radical (unpaired) electrons. The molecule has 3 heteroatoms. The highest BCUT2D eigenvalue weighted by atomic mass is 35.5. The van der Waals surface area contributed by atoms with Gasteiger partial charge in [0.2, 0.25) is 0 Å². The summed E-state index contributed by atoms with van der Waals surface area (Å²) in [6.07, 6.45) is 2.34. The van der Waals surface area contributed by atoms with Crippen molar-refractivity contribution in [2.24, 2.45) is 5.92 Å². The fourth-order valence-electron chi connectivity index (χ4n) is 2.39. The quantitative estimate of drug-likeness (QED) is 0.748. The molecule has 0 saturated heterocycles. The van der Waals surface area contributed by atoms with Crippen LogP contribution in [0.1, 0.15) is 18.4 Å². The van der Waals surface area contributed by atoms with Crippen molar-refractivity contribution in [1.29, 1.82) is 0 Å². The van der Waals surface area contributed by atoms with E-state index in [-0.39, 0.29) is 0 Å². The van der Waals surface area contributed by atoms with Crippen LogP contribution in [0.15, 0.2) is 24.3 Å². The first-order chi connectivity index (χ1) is 8.17. The highest BCUT2D eigenvalue weighted by molar-refractivity contribution is 6.21. The molecule has 0 aromatic heterocycles. The molecule has 0 atom stereocenters. The van der Waals surface area contributed by atoms with E-state index in [1.54, 1.807) is 7.11 Å². The molecule has 0 aliphatic heterocycles. The highest BCUT2D eigenvalue weighted by Gasteiger charge is 2.27. The van der Waals surface area contributed by atoms with Crippen LogP contribution in [-0.2, 0) is 6.54 Å². The Morgan fingerprint density at radius 2 is 2.18 bits per heavy atom. The van der Waals surface area contributed by atoms with Gasteiger partial charge in [-0.2, -0.15) is 0 Å². The zero-order chi connectivity index (χ0) is 12.3. The fraction of sp³-hybridized carbons (Fsp3) is 0.571. The lowest BCUT2D eigenvalue weighted by atomic mass is 9.84. The third-order valence-electron chi connectivity index (χ3n) is 3.33. The molecule has 17 heavy (non-hydrogen) atoms. The largest absolute Gasteiger partial charge is 0.497 e. The maximum absolute atomic E-state index is 5.99. The van der Waals surface area contributed by atoms with Crippen LogP contribution in [0.4, 0.5) is 0 Å². The molecule has 0 unspecified atom stereocenters. The van der Waals surface area contributed by atoms with Crippen molar-refractivity contribution >= 4 is 11.6 Å². The topological polar surface area (TPSA) is 12.5 Å². The third kappa shape index (κ3) is 3.62. The van der Waals surface area contributed by atoms with Gasteiger partial charge in [-0.25, -0.2) is 0 Å². The first-order valence-corrected chi connectivity index (χ1v) is 6.56. The second-order valence-electron chi connectivity index (χ2n) is 4.98. The highest BCUT2D eigenvalue weighted by Crippen LogP contribution is 2.32. The van der Waals surface area contributed by atoms with Crippen molar-refractivity contribution in [1.82, 2.24) is 4.90 Å². The van der Waals surface area contributed by atoms with Gasteiger partial charge in [-0.3, -0.25) is 0 Å². The molecule has 1 aliphatic carbocycles. The van der Waals surface area contributed by atoms with Crippen molar-refractivity contribution in [2.45, 2.75) is 24.8 Å². The molecule has 1 aliphatic rings. The Hall–Kier alpha value is -0.730. The Labute approximate surface area is 109 Å². The molecule has 2 nitrogen and oxygen atoms in total. The predicted molar refractivity (Wildman–Crippen MR) is 71.7 cm³/mol. The van der Waals surface area contributed by atoms with Gasteiger partial charge in [0.15, 0.2) is 0 Å². The minimum atomic E-state index is 0.421. The monoisotopic (exact) mass is 253 g/mol. The molecule has 0 bridgehead atoms. The second-order valence-corrected chi connectivity index (χ2v) is 5.60. The molecule has 0 spiro atoms. The summed E-state index contributed by atoms with van der Waals surface area (Å²) in [6, 6.07) is 8.26. The lowest BCUT2D eigenvalue weighted by Crippen LogP contribution is -2.34. The molecule has 0 heterocycles. The summed E-state index contributed by atoms with van der Waals surface area (Å²) in [5.74, 6) is 1.72. The van der Waals surface area contributed by atoms with Gasteiger partial charge in [-0.1, -0.05) is 12.1 Å². The summed E-state index contributed by atoms with van der Waals surface area (Å²) in [7, 11) is 3.87. The first kappa shape index (κ1) is 12.7. The molecular formula is C14H20ClNO. The molecule has 0 N–H and O–H groups in total. The number of benzene rings is 1. The van der Waals surface area contributed by atoms with Crippen LogP contribution in [0.5, 0.6) is 5.75 Å². The van der Waals surface area contributed by atoms with Crippen LogP contribution in [0.2, 0.25) is 0 Å². The maximum Gasteiger partial charge on any atom is 0.119 e. The van der Waals surface area contributed by atoms with Crippen molar-refractivity contribution in [3.63, 3.8) is 0 Å². The number of hydrogen-bond donors (Lipinski definition) is 0. The molecule has 1 aromatic rings. The van der Waals surface area contributed by atoms with Gasteiger partial charge in [0, 0.05) is 18.5 Å². The molecule has 0 amide bonds. The Morgan fingerprint density at radius 1 is 1.41 bits per heavy atom. The van der Waals surface area contributed by atoms with E-state index < -0.39 is 0 Å². The minimum Gasteiger partial charge on any atom is -0.497 e. The molecule has 1 fully saturated rings. The minimum absolute atomic E-state index is 0.421. The number of ether oxygens (including phenoxy) is 1. The van der Waals surface area contributed by atoms with Crippen LogP contribution >= 0.6 is 11.6 Å². The van der Waals surface area contributed by atoms with E-state index in [0.29, 0.717) is 5.38 Å². The SMILES string of the molecule is COc1cccc(CN(C)CC2CC(Cl)C2)c1. The lowest BCUT2D eigenvalue weighted by Gasteiger charge is -2.34. The van der Waals surface area contributed by atoms with Gasteiger partial charge in [-0.05, 0) is 43.5 Å². The van der Waals surface area contributed by atoms with E-state index in [2.05, 4.69) is 24.1 Å². The molecule has 94 valence electrons. The maximum atomic E-state index is 5.99. The van der Waals surface area contributed by atoms with E-state index in [1.165, 1.54) is 18.4 Å². The van der Waals surface area contributed by atoms with Gasteiger partial charge in [0.05, 0.1) is 7.11 Å². The summed E-state index contributed by atoms with van der Waals surface area (Å²) in [5, 5.41) is 0.421. The van der Waals surface area contributed by atoms with Crippen LogP contribution in [0.3, 0.4) is 0 Å². The summed E-state index contributed by atoms with van der Waals surface area (Å²) in [4.78, 5) is 2.36. The van der Waals surface area contributed by atoms with Crippen molar-refractivity contribution < 1.29 is 4.74 Å². The van der Waals surface area contributed by atoms with Crippen molar-refractivity contribution in [3.8, 4) is 5.75 Å². The van der Waals surface area contributed by atoms with Crippen molar-refractivity contribution in [3.05, 3.63) is 29.8 Å². The summed E-state index contributed by atoms with van der Waals surface area (Å²) in [6.45, 7) is 2.11. The van der Waals surface area contributed by atoms with Crippen LogP contribution in [0, 0.1) is 5.92 Å². The van der Waals surface area contributed by atoms with E-state index in [9.17, 15) is 0 Å². The smallest absolute Gasteiger partial charge is 0.119 e. The number of nitrogens with zero attached hydrogens (tertiary/aromatic N) is 1. The van der Waals surface area contributed by atoms with E-state index >= 15 is 0 Å². The second kappa shape index (κ2) is 5.74. The number of hydrogen-bond acceptors (Lipinski definition) is 2. The lowest BCUT2D eigenvalue weighted by molar-refractivity contribution is 0.204. The van der Waals surface area contributed by atoms with Gasteiger partial charge < -0.3 is 9.64 Å². The normalized spacial score (nSPS) is 23.5. The zero-order valence-electron chi connectivity index (χ0n) is 10.5. The zero-order valence-corrected chi connectivity index (χ0v) is 11.3. The van der Waals surface area contributed by atoms with Gasteiger partial charge >= 0.3 is 0 Å². The Morgan fingerprint density at radius 3 is 2.82 bits per heavy atom. The average Bonchev–Trinajstić information content (AvgIpc) is 2.27. The Bertz CT molecular complexity index is 363. The predicted octanol–water partition coefficient (Wildman–Crippen LogP) is 3.14. The standard InChI is InChI=1S/C14H20ClNO/c1-16(10-12-6-13(15)7-12)9-11-4-3-5-14(8-11)17-2/h3-5,8,12-13H,6-7,9-10H2,1-2H3. The average molecular weight is 254 g/mol. The van der Waals surface area contributed by atoms with Gasteiger partial charge in [0.25, 0.3) is 0 Å². The molecular weight excluding hydrogens is 234 g/mol. The molecule has 2 rings (SSSR count). The van der Waals surface area contributed by atoms with Gasteiger partial charge in [0.1, 0.15) is 5.75 Å². The van der Waals surface area contributed by atoms with E-state index in [1.807, 2.05) is 12.1 Å². The fourth-order valence-corrected chi connectivity index (χ4v) is 2.90. The third-order valence-corrected chi connectivity index (χ3v) is 3.69. The Kier molecular flexibility index (Phi) is 4.30. The summed E-state index contributed by atoms with van der Waals surface area (Å²) < 4.78 is 5.23. The number of alkyl halides is 1. The van der Waals surface area contributed by atoms with Crippen molar-refractivity contribution in [2.75, 3.05) is 20.7 Å². The van der Waals surface area contributed by atoms with Crippen LogP contribution in [0.25, 0.3) is 0 Å². The number of rotatable bonds is 5. The molecule has 1 saturated carbocycles. The summed E-state index contributed by atoms with van der Waals surface area (Å²) in [5.41, 5.74) is 1.30. The van der Waals surface area contributed by atoms with Crippen LogP contribution in [-0.4, -0.2) is 31.0 Å². The summed E-state index contributed by atoms with van der Waals surface area (Å²) >= 11 is 5.99. The van der Waals surface area contributed by atoms with E-state index in [4.69, 9.17) is 16.3 Å². The first-order valence-electron chi connectivity index (χ1n) is 6.13. The number of methoxy groups -OCH3 is 1. The van der Waals surface area contributed by atoms with E-state index in [0.717, 1.165) is 24.8 Å². The Balaban J connectivity index is 1.82. The van der Waals surface area contributed by atoms with Crippen LogP contribution < -0.4 is 4.74 Å². The number of halogens is 1.